The highest BCUT2D eigenvalue weighted by atomic mass is 79.9. The molecule has 0 aliphatic rings. The Morgan fingerprint density at radius 3 is 2.27 bits per heavy atom. The van der Waals surface area contributed by atoms with Crippen LogP contribution in [0.25, 0.3) is 0 Å². The van der Waals surface area contributed by atoms with E-state index in [-0.39, 0.29) is 14.3 Å². The summed E-state index contributed by atoms with van der Waals surface area (Å²) >= 11 is 9.67. The van der Waals surface area contributed by atoms with Gasteiger partial charge in [0.05, 0.1) is 4.83 Å². The Hall–Kier alpha value is 1.11. The standard InChI is InChI=1S/C7H11Br3O/c1-2-3-4-5(8)6(11)7(9)10/h5,7H,2-4H2,1H3/t5-/m1/s1. The Morgan fingerprint density at radius 2 is 1.91 bits per heavy atom. The lowest BCUT2D eigenvalue weighted by Gasteiger charge is -2.07. The predicted molar refractivity (Wildman–Crippen MR) is 58.9 cm³/mol. The first-order valence-corrected chi connectivity index (χ1v) is 6.30. The van der Waals surface area contributed by atoms with E-state index >= 15 is 0 Å². The zero-order valence-electron chi connectivity index (χ0n) is 6.32. The Morgan fingerprint density at radius 1 is 1.36 bits per heavy atom. The molecule has 0 saturated heterocycles. The minimum Gasteiger partial charge on any atom is -0.296 e. The predicted octanol–water partition coefficient (Wildman–Crippen LogP) is 3.63. The zero-order valence-corrected chi connectivity index (χ0v) is 11.1. The van der Waals surface area contributed by atoms with Crippen molar-refractivity contribution in [2.45, 2.75) is 34.7 Å². The van der Waals surface area contributed by atoms with E-state index in [0.29, 0.717) is 0 Å². The number of hydrogen-bond donors (Lipinski definition) is 0. The van der Waals surface area contributed by atoms with Crippen LogP contribution in [-0.4, -0.2) is 14.3 Å². The number of halogens is 3. The van der Waals surface area contributed by atoms with Crippen LogP contribution in [0.2, 0.25) is 0 Å². The monoisotopic (exact) mass is 348 g/mol. The number of hydrogen-bond acceptors (Lipinski definition) is 1. The van der Waals surface area contributed by atoms with Gasteiger partial charge in [-0.05, 0) is 6.42 Å². The quantitative estimate of drug-likeness (QED) is 0.692. The van der Waals surface area contributed by atoms with Crippen LogP contribution in [0.3, 0.4) is 0 Å². The van der Waals surface area contributed by atoms with Crippen LogP contribution >= 0.6 is 47.8 Å². The summed E-state index contributed by atoms with van der Waals surface area (Å²) in [6.45, 7) is 2.12. The summed E-state index contributed by atoms with van der Waals surface area (Å²) in [4.78, 5) is 11.2. The Labute approximate surface area is 92.7 Å². The van der Waals surface area contributed by atoms with E-state index in [0.717, 1.165) is 19.3 Å². The molecule has 0 aliphatic heterocycles. The number of rotatable bonds is 5. The highest BCUT2D eigenvalue weighted by molar-refractivity contribution is 9.25. The highest BCUT2D eigenvalue weighted by Crippen LogP contribution is 2.19. The van der Waals surface area contributed by atoms with Gasteiger partial charge >= 0.3 is 0 Å². The molecule has 1 nitrogen and oxygen atoms in total. The summed E-state index contributed by atoms with van der Waals surface area (Å²) in [6.07, 6.45) is 3.14. The van der Waals surface area contributed by atoms with Crippen LogP contribution in [-0.2, 0) is 4.79 Å². The second-order valence-electron chi connectivity index (χ2n) is 2.31. The first-order chi connectivity index (χ1) is 5.09. The van der Waals surface area contributed by atoms with Crippen molar-refractivity contribution in [1.82, 2.24) is 0 Å². The van der Waals surface area contributed by atoms with Gasteiger partial charge in [-0.25, -0.2) is 0 Å². The van der Waals surface area contributed by atoms with Crippen LogP contribution in [0.4, 0.5) is 0 Å². The van der Waals surface area contributed by atoms with Gasteiger partial charge in [0.1, 0.15) is 3.74 Å². The molecule has 1 atom stereocenters. The lowest BCUT2D eigenvalue weighted by atomic mass is 10.1. The molecule has 0 N–H and O–H groups in total. The zero-order chi connectivity index (χ0) is 8.85. The van der Waals surface area contributed by atoms with Crippen LogP contribution in [0.15, 0.2) is 0 Å². The van der Waals surface area contributed by atoms with Gasteiger partial charge in [-0.2, -0.15) is 0 Å². The normalized spacial score (nSPS) is 13.5. The molecule has 0 aliphatic carbocycles. The molecule has 0 spiro atoms. The SMILES string of the molecule is CCCC[C@@H](Br)C(=O)C(Br)Br. The van der Waals surface area contributed by atoms with Crippen LogP contribution < -0.4 is 0 Å². The van der Waals surface area contributed by atoms with Gasteiger partial charge in [0.25, 0.3) is 0 Å². The van der Waals surface area contributed by atoms with Crippen LogP contribution in [0.1, 0.15) is 26.2 Å². The average Bonchev–Trinajstić information content (AvgIpc) is 1.98. The molecule has 0 unspecified atom stereocenters. The summed E-state index contributed by atoms with van der Waals surface area (Å²) in [7, 11) is 0. The van der Waals surface area contributed by atoms with Crippen molar-refractivity contribution < 1.29 is 4.79 Å². The van der Waals surface area contributed by atoms with Gasteiger partial charge in [0.2, 0.25) is 0 Å². The second-order valence-corrected chi connectivity index (χ2v) is 6.48. The van der Waals surface area contributed by atoms with Crippen LogP contribution in [0.5, 0.6) is 0 Å². The number of Topliss-reactive ketones (excluding diaryl/α,β-unsaturated/α-hetero) is 1. The Kier molecular flexibility index (Phi) is 7.27. The number of carbonyl (C=O) groups is 1. The molecule has 0 amide bonds. The first-order valence-electron chi connectivity index (χ1n) is 3.55. The topological polar surface area (TPSA) is 17.1 Å². The maximum Gasteiger partial charge on any atom is 0.170 e. The van der Waals surface area contributed by atoms with Crippen molar-refractivity contribution >= 4 is 53.6 Å². The van der Waals surface area contributed by atoms with E-state index in [1.54, 1.807) is 0 Å². The van der Waals surface area contributed by atoms with E-state index in [2.05, 4.69) is 54.7 Å². The third kappa shape index (κ3) is 5.36. The van der Waals surface area contributed by atoms with Gasteiger partial charge in [0.15, 0.2) is 5.78 Å². The molecule has 0 heterocycles. The molecular weight excluding hydrogens is 340 g/mol. The van der Waals surface area contributed by atoms with Crippen molar-refractivity contribution in [2.75, 3.05) is 0 Å². The van der Waals surface area contributed by atoms with Crippen LogP contribution in [0, 0.1) is 0 Å². The lowest BCUT2D eigenvalue weighted by molar-refractivity contribution is -0.116. The molecule has 0 bridgehead atoms. The van der Waals surface area contributed by atoms with Gasteiger partial charge in [-0.1, -0.05) is 67.6 Å². The molecule has 0 radical (unpaired) electrons. The molecule has 0 aromatic carbocycles. The maximum atomic E-state index is 11.2. The second kappa shape index (κ2) is 6.61. The molecule has 0 rings (SSSR count). The number of alkyl halides is 3. The van der Waals surface area contributed by atoms with Gasteiger partial charge in [-0.15, -0.1) is 0 Å². The summed E-state index contributed by atoms with van der Waals surface area (Å²) in [5.41, 5.74) is 0. The van der Waals surface area contributed by atoms with Crippen molar-refractivity contribution in [3.05, 3.63) is 0 Å². The fraction of sp³-hybridized carbons (Fsp3) is 0.857. The van der Waals surface area contributed by atoms with E-state index in [1.807, 2.05) is 0 Å². The number of ketones is 1. The number of carbonyl (C=O) groups excluding carboxylic acids is 1. The molecule has 0 aromatic heterocycles. The smallest absolute Gasteiger partial charge is 0.170 e. The minimum atomic E-state index is -0.212. The van der Waals surface area contributed by atoms with E-state index in [4.69, 9.17) is 0 Å². The van der Waals surface area contributed by atoms with E-state index in [9.17, 15) is 4.79 Å². The van der Waals surface area contributed by atoms with Gasteiger partial charge < -0.3 is 0 Å². The summed E-state index contributed by atoms with van der Waals surface area (Å²) < 4.78 is -0.212. The maximum absolute atomic E-state index is 11.2. The Bertz CT molecular complexity index is 125. The summed E-state index contributed by atoms with van der Waals surface area (Å²) in [5.74, 6) is 0.165. The van der Waals surface area contributed by atoms with Crippen molar-refractivity contribution in [3.63, 3.8) is 0 Å². The summed E-state index contributed by atoms with van der Waals surface area (Å²) in [5, 5.41) is 0. The highest BCUT2D eigenvalue weighted by Gasteiger charge is 2.19. The molecule has 11 heavy (non-hydrogen) atoms. The molecule has 4 heteroatoms. The third-order valence-electron chi connectivity index (χ3n) is 1.33. The molecule has 0 fully saturated rings. The number of unbranched alkanes of at least 4 members (excludes halogenated alkanes) is 1. The van der Waals surface area contributed by atoms with Crippen molar-refractivity contribution in [2.24, 2.45) is 0 Å². The third-order valence-corrected chi connectivity index (χ3v) is 3.15. The fourth-order valence-electron chi connectivity index (χ4n) is 0.662. The first kappa shape index (κ1) is 12.1. The Balaban J connectivity index is 3.64. The van der Waals surface area contributed by atoms with Crippen molar-refractivity contribution in [1.29, 1.82) is 0 Å². The molecule has 0 aromatic rings. The summed E-state index contributed by atoms with van der Waals surface area (Å²) in [6, 6.07) is 0. The fourth-order valence-corrected chi connectivity index (χ4v) is 2.60. The van der Waals surface area contributed by atoms with E-state index < -0.39 is 0 Å². The minimum absolute atomic E-state index is 0.00815. The average molecular weight is 351 g/mol. The van der Waals surface area contributed by atoms with E-state index in [1.165, 1.54) is 0 Å². The molecular formula is C7H11Br3O. The molecule has 66 valence electrons. The molecule has 0 saturated carbocycles. The largest absolute Gasteiger partial charge is 0.296 e. The van der Waals surface area contributed by atoms with Gasteiger partial charge in [0, 0.05) is 0 Å². The lowest BCUT2D eigenvalue weighted by Crippen LogP contribution is -2.19. The van der Waals surface area contributed by atoms with Crippen molar-refractivity contribution in [3.8, 4) is 0 Å². The van der Waals surface area contributed by atoms with Gasteiger partial charge in [-0.3, -0.25) is 4.79 Å².